The monoisotopic (exact) mass is 331 g/mol. The van der Waals surface area contributed by atoms with Crippen LogP contribution in [0.2, 0.25) is 0 Å². The van der Waals surface area contributed by atoms with Crippen LogP contribution >= 0.6 is 0 Å². The minimum absolute atomic E-state index is 0.451. The molecule has 0 radical (unpaired) electrons. The molecule has 0 bridgehead atoms. The minimum atomic E-state index is -0.451. The minimum Gasteiger partial charge on any atom is -0.497 e. The summed E-state index contributed by atoms with van der Waals surface area (Å²) in [5.41, 5.74) is 3.43. The Bertz CT molecular complexity index is 948. The van der Waals surface area contributed by atoms with Gasteiger partial charge in [0.15, 0.2) is 0 Å². The molecule has 1 N–H and O–H groups in total. The lowest BCUT2D eigenvalue weighted by atomic mass is 10.1. The lowest BCUT2D eigenvalue weighted by Crippen LogP contribution is -2.18. The summed E-state index contributed by atoms with van der Waals surface area (Å²) < 4.78 is 7.41. The van der Waals surface area contributed by atoms with E-state index in [2.05, 4.69) is 41.0 Å². The van der Waals surface area contributed by atoms with Crippen LogP contribution in [-0.4, -0.2) is 22.9 Å². The number of rotatable bonds is 5. The highest BCUT2D eigenvalue weighted by atomic mass is 16.5. The van der Waals surface area contributed by atoms with Gasteiger partial charge in [-0.1, -0.05) is 48.5 Å². The lowest BCUT2D eigenvalue weighted by Gasteiger charge is -2.14. The molecule has 0 aliphatic rings. The van der Waals surface area contributed by atoms with Gasteiger partial charge < -0.3 is 14.4 Å². The average Bonchev–Trinajstić information content (AvgIpc) is 2.97. The van der Waals surface area contributed by atoms with Crippen LogP contribution in [0.4, 0.5) is 0 Å². The standard InChI is InChI=1S/C22H21NO2/c1-25-18-12-10-16(11-13-18)14-17(24)15-23-21-8-4-2-6-19(21)20-7-3-5-9-22(20)23/h2-13,17,24H,14-15H2,1H3. The number of hydrogen-bond donors (Lipinski definition) is 1. The molecule has 3 heteroatoms. The molecule has 4 aromatic rings. The molecule has 3 nitrogen and oxygen atoms in total. The predicted octanol–water partition coefficient (Wildman–Crippen LogP) is 4.41. The van der Waals surface area contributed by atoms with Crippen molar-refractivity contribution in [1.29, 1.82) is 0 Å². The van der Waals surface area contributed by atoms with Crippen molar-refractivity contribution in [2.75, 3.05) is 7.11 Å². The first-order chi connectivity index (χ1) is 12.3. The maximum absolute atomic E-state index is 10.7. The van der Waals surface area contributed by atoms with Gasteiger partial charge in [-0.2, -0.15) is 0 Å². The van der Waals surface area contributed by atoms with E-state index in [9.17, 15) is 5.11 Å². The fourth-order valence-electron chi connectivity index (χ4n) is 3.51. The van der Waals surface area contributed by atoms with Crippen LogP contribution in [0.3, 0.4) is 0 Å². The Morgan fingerprint density at radius 1 is 0.840 bits per heavy atom. The van der Waals surface area contributed by atoms with E-state index in [0.717, 1.165) is 22.3 Å². The first-order valence-electron chi connectivity index (χ1n) is 8.53. The Labute approximate surface area is 147 Å². The molecule has 0 fully saturated rings. The van der Waals surface area contributed by atoms with Crippen LogP contribution in [0, 0.1) is 0 Å². The van der Waals surface area contributed by atoms with Crippen molar-refractivity contribution in [3.63, 3.8) is 0 Å². The van der Waals surface area contributed by atoms with Crippen molar-refractivity contribution < 1.29 is 9.84 Å². The number of aromatic nitrogens is 1. The van der Waals surface area contributed by atoms with E-state index < -0.39 is 6.10 Å². The van der Waals surface area contributed by atoms with Gasteiger partial charge in [-0.15, -0.1) is 0 Å². The van der Waals surface area contributed by atoms with Gasteiger partial charge in [0.05, 0.1) is 13.2 Å². The summed E-state index contributed by atoms with van der Waals surface area (Å²) in [7, 11) is 1.66. The highest BCUT2D eigenvalue weighted by molar-refractivity contribution is 6.07. The largest absolute Gasteiger partial charge is 0.497 e. The van der Waals surface area contributed by atoms with Crippen molar-refractivity contribution in [1.82, 2.24) is 4.57 Å². The number of fused-ring (bicyclic) bond motifs is 3. The van der Waals surface area contributed by atoms with Gasteiger partial charge in [0.25, 0.3) is 0 Å². The molecule has 1 heterocycles. The lowest BCUT2D eigenvalue weighted by molar-refractivity contribution is 0.157. The highest BCUT2D eigenvalue weighted by Gasteiger charge is 2.13. The number of hydrogen-bond acceptors (Lipinski definition) is 2. The van der Waals surface area contributed by atoms with Crippen LogP contribution in [0.1, 0.15) is 5.56 Å². The topological polar surface area (TPSA) is 34.4 Å². The smallest absolute Gasteiger partial charge is 0.118 e. The van der Waals surface area contributed by atoms with Gasteiger partial charge in [0, 0.05) is 34.8 Å². The quantitative estimate of drug-likeness (QED) is 0.588. The van der Waals surface area contributed by atoms with Crippen molar-refractivity contribution in [2.45, 2.75) is 19.1 Å². The van der Waals surface area contributed by atoms with Crippen LogP contribution < -0.4 is 4.74 Å². The van der Waals surface area contributed by atoms with E-state index in [0.29, 0.717) is 13.0 Å². The maximum Gasteiger partial charge on any atom is 0.118 e. The van der Waals surface area contributed by atoms with Gasteiger partial charge in [-0.05, 0) is 29.8 Å². The number of nitrogens with zero attached hydrogens (tertiary/aromatic N) is 1. The number of ether oxygens (including phenoxy) is 1. The van der Waals surface area contributed by atoms with E-state index in [1.807, 2.05) is 36.4 Å². The summed E-state index contributed by atoms with van der Waals surface area (Å²) in [5.74, 6) is 0.834. The average molecular weight is 331 g/mol. The Balaban J connectivity index is 1.64. The molecule has 0 aliphatic carbocycles. The van der Waals surface area contributed by atoms with Crippen LogP contribution in [0.25, 0.3) is 21.8 Å². The molecule has 1 atom stereocenters. The summed E-state index contributed by atoms with van der Waals surface area (Å²) in [4.78, 5) is 0. The van der Waals surface area contributed by atoms with Crippen molar-refractivity contribution in [3.8, 4) is 5.75 Å². The van der Waals surface area contributed by atoms with Crippen molar-refractivity contribution in [2.24, 2.45) is 0 Å². The summed E-state index contributed by atoms with van der Waals surface area (Å²) >= 11 is 0. The third-order valence-electron chi connectivity index (χ3n) is 4.70. The van der Waals surface area contributed by atoms with Crippen LogP contribution in [-0.2, 0) is 13.0 Å². The number of aliphatic hydroxyl groups excluding tert-OH is 1. The normalized spacial score (nSPS) is 12.6. The molecule has 1 unspecified atom stereocenters. The molecule has 0 aliphatic heterocycles. The van der Waals surface area contributed by atoms with Crippen LogP contribution in [0.5, 0.6) is 5.75 Å². The Hall–Kier alpha value is -2.78. The second kappa shape index (κ2) is 6.61. The number of benzene rings is 3. The molecule has 1 aromatic heterocycles. The van der Waals surface area contributed by atoms with E-state index in [-0.39, 0.29) is 0 Å². The number of para-hydroxylation sites is 2. The predicted molar refractivity (Wildman–Crippen MR) is 102 cm³/mol. The summed E-state index contributed by atoms with van der Waals surface area (Å²) in [6.07, 6.45) is 0.165. The molecular formula is C22H21NO2. The second-order valence-corrected chi connectivity index (χ2v) is 6.35. The van der Waals surface area contributed by atoms with Gasteiger partial charge in [-0.3, -0.25) is 0 Å². The van der Waals surface area contributed by atoms with Crippen molar-refractivity contribution >= 4 is 21.8 Å². The highest BCUT2D eigenvalue weighted by Crippen LogP contribution is 2.29. The van der Waals surface area contributed by atoms with E-state index >= 15 is 0 Å². The zero-order valence-corrected chi connectivity index (χ0v) is 14.2. The van der Waals surface area contributed by atoms with Gasteiger partial charge in [-0.25, -0.2) is 0 Å². The van der Waals surface area contributed by atoms with Gasteiger partial charge >= 0.3 is 0 Å². The number of methoxy groups -OCH3 is 1. The van der Waals surface area contributed by atoms with Crippen molar-refractivity contribution in [3.05, 3.63) is 78.4 Å². The molecule has 4 rings (SSSR count). The first-order valence-corrected chi connectivity index (χ1v) is 8.53. The summed E-state index contributed by atoms with van der Waals surface area (Å²) in [5, 5.41) is 13.1. The Morgan fingerprint density at radius 3 is 1.96 bits per heavy atom. The van der Waals surface area contributed by atoms with Gasteiger partial charge in [0.1, 0.15) is 5.75 Å². The molecule has 3 aromatic carbocycles. The Kier molecular flexibility index (Phi) is 4.16. The summed E-state index contributed by atoms with van der Waals surface area (Å²) in [6, 6.07) is 24.6. The molecular weight excluding hydrogens is 310 g/mol. The van der Waals surface area contributed by atoms with Crippen LogP contribution in [0.15, 0.2) is 72.8 Å². The SMILES string of the molecule is COc1ccc(CC(O)Cn2c3ccccc3c3ccccc32)cc1. The molecule has 0 saturated carbocycles. The third kappa shape index (κ3) is 2.99. The zero-order valence-electron chi connectivity index (χ0n) is 14.2. The Morgan fingerprint density at radius 2 is 1.40 bits per heavy atom. The molecule has 0 saturated heterocycles. The van der Waals surface area contributed by atoms with E-state index in [4.69, 9.17) is 4.74 Å². The van der Waals surface area contributed by atoms with E-state index in [1.165, 1.54) is 10.8 Å². The molecule has 0 amide bonds. The molecule has 0 spiro atoms. The zero-order chi connectivity index (χ0) is 17.2. The maximum atomic E-state index is 10.7. The molecule has 25 heavy (non-hydrogen) atoms. The first kappa shape index (κ1) is 15.7. The fourth-order valence-corrected chi connectivity index (χ4v) is 3.51. The summed E-state index contributed by atoms with van der Waals surface area (Å²) in [6.45, 7) is 0.569. The second-order valence-electron chi connectivity index (χ2n) is 6.35. The number of aliphatic hydroxyl groups is 1. The van der Waals surface area contributed by atoms with E-state index in [1.54, 1.807) is 7.11 Å². The third-order valence-corrected chi connectivity index (χ3v) is 4.70. The van der Waals surface area contributed by atoms with Gasteiger partial charge in [0.2, 0.25) is 0 Å². The molecule has 126 valence electrons. The fraction of sp³-hybridized carbons (Fsp3) is 0.182.